The van der Waals surface area contributed by atoms with Crippen molar-refractivity contribution >= 4 is 27.6 Å². The minimum absolute atomic E-state index is 0.111. The number of carboxylic acid groups (broad SMARTS) is 1. The van der Waals surface area contributed by atoms with Crippen LogP contribution in [0.3, 0.4) is 0 Å². The average molecular weight is 445 g/mol. The van der Waals surface area contributed by atoms with Crippen LogP contribution in [0.1, 0.15) is 49.1 Å². The average Bonchev–Trinajstić information content (AvgIpc) is 2.74. The number of aromatic nitrogens is 2. The SMILES string of the molecule is Cc1ccc(-c2c([C@H](OC(C)(C)C)C(=O)O)c(C)c3nc(O)c4ccncc4c3c2C)cc1. The maximum atomic E-state index is 12.5. The number of aliphatic carboxylic acids is 1. The third kappa shape index (κ3) is 4.02. The second-order valence-corrected chi connectivity index (χ2v) is 9.43. The van der Waals surface area contributed by atoms with Gasteiger partial charge in [0, 0.05) is 34.1 Å². The van der Waals surface area contributed by atoms with E-state index in [-0.39, 0.29) is 5.88 Å². The molecule has 33 heavy (non-hydrogen) atoms. The number of carbonyl (C=O) groups is 1. The molecule has 2 aromatic carbocycles. The first kappa shape index (κ1) is 22.7. The van der Waals surface area contributed by atoms with Crippen LogP contribution in [-0.2, 0) is 9.53 Å². The van der Waals surface area contributed by atoms with Gasteiger partial charge in [-0.1, -0.05) is 29.8 Å². The van der Waals surface area contributed by atoms with Crippen molar-refractivity contribution in [1.82, 2.24) is 9.97 Å². The topological polar surface area (TPSA) is 92.5 Å². The quantitative estimate of drug-likeness (QED) is 0.374. The van der Waals surface area contributed by atoms with E-state index < -0.39 is 17.7 Å². The molecule has 0 saturated heterocycles. The third-order valence-electron chi connectivity index (χ3n) is 5.86. The van der Waals surface area contributed by atoms with Gasteiger partial charge in [-0.3, -0.25) is 4.98 Å². The molecule has 170 valence electrons. The van der Waals surface area contributed by atoms with Gasteiger partial charge >= 0.3 is 5.97 Å². The molecule has 1 atom stereocenters. The van der Waals surface area contributed by atoms with Gasteiger partial charge in [0.15, 0.2) is 6.10 Å². The largest absolute Gasteiger partial charge is 0.493 e. The molecule has 0 bridgehead atoms. The lowest BCUT2D eigenvalue weighted by Crippen LogP contribution is -2.28. The summed E-state index contributed by atoms with van der Waals surface area (Å²) in [5.41, 5.74) is 4.72. The van der Waals surface area contributed by atoms with Gasteiger partial charge < -0.3 is 14.9 Å². The highest BCUT2D eigenvalue weighted by Crippen LogP contribution is 2.44. The van der Waals surface area contributed by atoms with Crippen LogP contribution in [0.25, 0.3) is 32.8 Å². The standard InChI is InChI=1S/C27H28N2O4/c1-14-7-9-17(10-8-14)20-15(2)21-19-13-28-12-11-18(19)25(30)29-23(21)16(3)22(20)24(26(31)32)33-27(4,5)6/h7-13,24H,1-6H3,(H,29,30)(H,31,32)/t24-/m0/s1. The molecule has 0 fully saturated rings. The second kappa shape index (κ2) is 8.12. The number of fused-ring (bicyclic) bond motifs is 3. The molecule has 0 amide bonds. The van der Waals surface area contributed by atoms with Gasteiger partial charge in [-0.2, -0.15) is 0 Å². The van der Waals surface area contributed by atoms with Gasteiger partial charge in [-0.05, 0) is 69.9 Å². The summed E-state index contributed by atoms with van der Waals surface area (Å²) in [6, 6.07) is 9.74. The van der Waals surface area contributed by atoms with Crippen LogP contribution >= 0.6 is 0 Å². The van der Waals surface area contributed by atoms with Crippen molar-refractivity contribution in [3.63, 3.8) is 0 Å². The minimum Gasteiger partial charge on any atom is -0.493 e. The van der Waals surface area contributed by atoms with Gasteiger partial charge in [-0.25, -0.2) is 9.78 Å². The van der Waals surface area contributed by atoms with Gasteiger partial charge in [0.05, 0.1) is 11.1 Å². The number of benzene rings is 2. The van der Waals surface area contributed by atoms with E-state index in [1.54, 1.807) is 18.5 Å². The van der Waals surface area contributed by atoms with E-state index in [0.717, 1.165) is 33.0 Å². The van der Waals surface area contributed by atoms with Gasteiger partial charge in [-0.15, -0.1) is 0 Å². The molecule has 0 aliphatic heterocycles. The molecular weight excluding hydrogens is 416 g/mol. The summed E-state index contributed by atoms with van der Waals surface area (Å²) < 4.78 is 6.07. The Balaban J connectivity index is 2.21. The smallest absolute Gasteiger partial charge is 0.337 e. The lowest BCUT2D eigenvalue weighted by molar-refractivity contribution is -0.160. The summed E-state index contributed by atoms with van der Waals surface area (Å²) in [7, 11) is 0. The number of aromatic hydroxyl groups is 1. The molecule has 0 aliphatic rings. The molecule has 6 nitrogen and oxygen atoms in total. The first-order chi connectivity index (χ1) is 15.5. The summed E-state index contributed by atoms with van der Waals surface area (Å²) in [4.78, 5) is 21.2. The predicted octanol–water partition coefficient (Wildman–Crippen LogP) is 6.02. The highest BCUT2D eigenvalue weighted by molar-refractivity contribution is 6.12. The fourth-order valence-electron chi connectivity index (χ4n) is 4.44. The van der Waals surface area contributed by atoms with Crippen LogP contribution in [0.15, 0.2) is 42.7 Å². The molecule has 6 heteroatoms. The van der Waals surface area contributed by atoms with Crippen molar-refractivity contribution in [2.24, 2.45) is 0 Å². The number of aryl methyl sites for hydroxylation is 3. The summed E-state index contributed by atoms with van der Waals surface area (Å²) >= 11 is 0. The van der Waals surface area contributed by atoms with Crippen molar-refractivity contribution in [3.8, 4) is 17.0 Å². The minimum atomic E-state index is -1.21. The van der Waals surface area contributed by atoms with Crippen LogP contribution in [-0.4, -0.2) is 31.8 Å². The van der Waals surface area contributed by atoms with Crippen LogP contribution in [0.2, 0.25) is 0 Å². The molecule has 4 rings (SSSR count). The highest BCUT2D eigenvalue weighted by Gasteiger charge is 2.33. The molecule has 2 N–H and O–H groups in total. The number of carboxylic acids is 1. The summed E-state index contributed by atoms with van der Waals surface area (Å²) in [6.45, 7) is 11.3. The van der Waals surface area contributed by atoms with Crippen molar-refractivity contribution in [3.05, 3.63) is 65.0 Å². The first-order valence-corrected chi connectivity index (χ1v) is 10.9. The Morgan fingerprint density at radius 2 is 1.67 bits per heavy atom. The summed E-state index contributed by atoms with van der Waals surface area (Å²) in [5.74, 6) is -1.19. The maximum Gasteiger partial charge on any atom is 0.337 e. The Bertz CT molecular complexity index is 1390. The van der Waals surface area contributed by atoms with Crippen molar-refractivity contribution in [1.29, 1.82) is 0 Å². The van der Waals surface area contributed by atoms with Gasteiger partial charge in [0.2, 0.25) is 5.88 Å². The fourth-order valence-corrected chi connectivity index (χ4v) is 4.44. The number of hydrogen-bond donors (Lipinski definition) is 2. The first-order valence-electron chi connectivity index (χ1n) is 10.9. The van der Waals surface area contributed by atoms with Crippen LogP contribution in [0.5, 0.6) is 5.88 Å². The van der Waals surface area contributed by atoms with Crippen LogP contribution < -0.4 is 0 Å². The molecule has 2 heterocycles. The normalized spacial score (nSPS) is 12.9. The maximum absolute atomic E-state index is 12.5. The van der Waals surface area contributed by atoms with E-state index in [9.17, 15) is 15.0 Å². The van der Waals surface area contributed by atoms with Crippen molar-refractivity contribution in [2.45, 2.75) is 53.2 Å². The Morgan fingerprint density at radius 1 is 1.00 bits per heavy atom. The number of nitrogens with zero attached hydrogens (tertiary/aromatic N) is 2. The second-order valence-electron chi connectivity index (χ2n) is 9.43. The molecule has 0 saturated carbocycles. The van der Waals surface area contributed by atoms with Crippen LogP contribution in [0, 0.1) is 20.8 Å². The lowest BCUT2D eigenvalue weighted by atomic mass is 9.84. The number of pyridine rings is 2. The molecule has 4 aromatic rings. The fraction of sp³-hybridized carbons (Fsp3) is 0.296. The lowest BCUT2D eigenvalue weighted by Gasteiger charge is -2.29. The zero-order valence-corrected chi connectivity index (χ0v) is 19.7. The van der Waals surface area contributed by atoms with E-state index in [0.29, 0.717) is 22.0 Å². The molecule has 0 spiro atoms. The third-order valence-corrected chi connectivity index (χ3v) is 5.86. The monoisotopic (exact) mass is 444 g/mol. The summed E-state index contributed by atoms with van der Waals surface area (Å²) in [6.07, 6.45) is 2.12. The molecule has 0 unspecified atom stereocenters. The number of ether oxygens (including phenoxy) is 1. The molecule has 0 radical (unpaired) electrons. The Hall–Kier alpha value is -3.51. The van der Waals surface area contributed by atoms with E-state index in [4.69, 9.17) is 4.74 Å². The molecule has 0 aliphatic carbocycles. The van der Waals surface area contributed by atoms with Gasteiger partial charge in [0.25, 0.3) is 0 Å². The van der Waals surface area contributed by atoms with Crippen LogP contribution in [0.4, 0.5) is 0 Å². The number of rotatable bonds is 4. The Kier molecular flexibility index (Phi) is 5.58. The Labute approximate surface area is 192 Å². The summed E-state index contributed by atoms with van der Waals surface area (Å²) in [5, 5.41) is 23.1. The highest BCUT2D eigenvalue weighted by atomic mass is 16.5. The molecule has 2 aromatic heterocycles. The zero-order chi connectivity index (χ0) is 24.1. The zero-order valence-electron chi connectivity index (χ0n) is 19.7. The van der Waals surface area contributed by atoms with E-state index in [2.05, 4.69) is 9.97 Å². The van der Waals surface area contributed by atoms with Crippen molar-refractivity contribution < 1.29 is 19.7 Å². The van der Waals surface area contributed by atoms with E-state index >= 15 is 0 Å². The van der Waals surface area contributed by atoms with Crippen molar-refractivity contribution in [2.75, 3.05) is 0 Å². The number of hydrogen-bond acceptors (Lipinski definition) is 5. The van der Waals surface area contributed by atoms with E-state index in [1.807, 2.05) is 65.8 Å². The van der Waals surface area contributed by atoms with E-state index in [1.165, 1.54) is 0 Å². The predicted molar refractivity (Wildman–Crippen MR) is 130 cm³/mol. The Morgan fingerprint density at radius 3 is 2.27 bits per heavy atom. The van der Waals surface area contributed by atoms with Gasteiger partial charge in [0.1, 0.15) is 0 Å². The molecular formula is C27H28N2O4.